The van der Waals surface area contributed by atoms with Crippen molar-refractivity contribution in [1.29, 1.82) is 0 Å². The first-order valence-corrected chi connectivity index (χ1v) is 6.36. The molecule has 0 atom stereocenters. The minimum absolute atomic E-state index is 0.240. The molecule has 1 aromatic heterocycles. The lowest BCUT2D eigenvalue weighted by Gasteiger charge is -2.31. The van der Waals surface area contributed by atoms with Gasteiger partial charge < -0.3 is 15.8 Å². The number of piperidine rings is 1. The van der Waals surface area contributed by atoms with Gasteiger partial charge in [0.1, 0.15) is 5.84 Å². The van der Waals surface area contributed by atoms with E-state index in [4.69, 9.17) is 10.9 Å². The maximum Gasteiger partial charge on any atom is 0.142 e. The van der Waals surface area contributed by atoms with Crippen molar-refractivity contribution >= 4 is 5.84 Å². The molecule has 0 radical (unpaired) electrons. The van der Waals surface area contributed by atoms with E-state index in [0.29, 0.717) is 5.84 Å². The lowest BCUT2D eigenvalue weighted by Crippen LogP contribution is -2.39. The van der Waals surface area contributed by atoms with Crippen LogP contribution in [0.4, 0.5) is 0 Å². The Morgan fingerprint density at radius 3 is 2.83 bits per heavy atom. The van der Waals surface area contributed by atoms with E-state index in [1.807, 2.05) is 17.9 Å². The largest absolute Gasteiger partial charge is 0.409 e. The molecule has 1 aliphatic heterocycles. The number of hydrogen-bond donors (Lipinski definition) is 2. The van der Waals surface area contributed by atoms with Crippen molar-refractivity contribution in [3.8, 4) is 0 Å². The average molecular weight is 251 g/mol. The molecule has 3 N–H and O–H groups in total. The lowest BCUT2D eigenvalue weighted by molar-refractivity contribution is 0.208. The van der Waals surface area contributed by atoms with Crippen molar-refractivity contribution < 1.29 is 5.21 Å². The SMILES string of the molecule is Cn1cc(CCN2CCC(/C(N)=N/O)CC2)cn1. The van der Waals surface area contributed by atoms with Crippen LogP contribution in [0.5, 0.6) is 0 Å². The van der Waals surface area contributed by atoms with E-state index in [2.05, 4.69) is 21.4 Å². The number of nitrogens with zero attached hydrogens (tertiary/aromatic N) is 4. The highest BCUT2D eigenvalue weighted by Gasteiger charge is 2.21. The Labute approximate surface area is 107 Å². The quantitative estimate of drug-likeness (QED) is 0.352. The molecule has 1 fully saturated rings. The molecule has 100 valence electrons. The number of aromatic nitrogens is 2. The predicted octanol–water partition coefficient (Wildman–Crippen LogP) is 0.421. The molecule has 1 aromatic rings. The molecule has 1 saturated heterocycles. The summed E-state index contributed by atoms with van der Waals surface area (Å²) in [6.45, 7) is 3.08. The molecule has 6 heteroatoms. The van der Waals surface area contributed by atoms with E-state index in [0.717, 1.165) is 38.9 Å². The van der Waals surface area contributed by atoms with Crippen molar-refractivity contribution in [1.82, 2.24) is 14.7 Å². The maximum absolute atomic E-state index is 8.65. The van der Waals surface area contributed by atoms with Gasteiger partial charge in [0.2, 0.25) is 0 Å². The van der Waals surface area contributed by atoms with Crippen LogP contribution >= 0.6 is 0 Å². The van der Waals surface area contributed by atoms with Crippen molar-refractivity contribution in [3.05, 3.63) is 18.0 Å². The Bertz CT molecular complexity index is 406. The summed E-state index contributed by atoms with van der Waals surface area (Å²) < 4.78 is 1.83. The number of hydrogen-bond acceptors (Lipinski definition) is 4. The summed E-state index contributed by atoms with van der Waals surface area (Å²) in [5.41, 5.74) is 6.91. The summed E-state index contributed by atoms with van der Waals surface area (Å²) in [5, 5.41) is 15.9. The summed E-state index contributed by atoms with van der Waals surface area (Å²) in [6.07, 6.45) is 6.96. The number of nitrogens with two attached hydrogens (primary N) is 1. The van der Waals surface area contributed by atoms with Gasteiger partial charge in [0.25, 0.3) is 0 Å². The number of aryl methyl sites for hydroxylation is 1. The summed E-state index contributed by atoms with van der Waals surface area (Å²) >= 11 is 0. The van der Waals surface area contributed by atoms with Crippen molar-refractivity contribution in [2.24, 2.45) is 23.9 Å². The van der Waals surface area contributed by atoms with Gasteiger partial charge in [-0.15, -0.1) is 0 Å². The van der Waals surface area contributed by atoms with E-state index in [9.17, 15) is 0 Å². The maximum atomic E-state index is 8.65. The van der Waals surface area contributed by atoms with Crippen LogP contribution in [0.15, 0.2) is 17.5 Å². The molecule has 0 aromatic carbocycles. The topological polar surface area (TPSA) is 79.7 Å². The molecule has 2 rings (SSSR count). The Morgan fingerprint density at radius 1 is 1.56 bits per heavy atom. The Balaban J connectivity index is 1.74. The molecule has 0 amide bonds. The molecular weight excluding hydrogens is 230 g/mol. The summed E-state index contributed by atoms with van der Waals surface area (Å²) in [7, 11) is 1.94. The number of likely N-dealkylation sites (tertiary alicyclic amines) is 1. The van der Waals surface area contributed by atoms with E-state index in [-0.39, 0.29) is 5.92 Å². The van der Waals surface area contributed by atoms with Crippen molar-refractivity contribution in [3.63, 3.8) is 0 Å². The second kappa shape index (κ2) is 5.86. The third kappa shape index (κ3) is 3.22. The summed E-state index contributed by atoms with van der Waals surface area (Å²) in [4.78, 5) is 2.42. The molecule has 0 saturated carbocycles. The van der Waals surface area contributed by atoms with Crippen molar-refractivity contribution in [2.45, 2.75) is 19.3 Å². The molecule has 6 nitrogen and oxygen atoms in total. The van der Waals surface area contributed by atoms with Crippen molar-refractivity contribution in [2.75, 3.05) is 19.6 Å². The minimum Gasteiger partial charge on any atom is -0.409 e. The van der Waals surface area contributed by atoms with Gasteiger partial charge >= 0.3 is 0 Å². The monoisotopic (exact) mass is 251 g/mol. The van der Waals surface area contributed by atoms with Crippen LogP contribution in [-0.2, 0) is 13.5 Å². The average Bonchev–Trinajstić information content (AvgIpc) is 2.82. The van der Waals surface area contributed by atoms with E-state index < -0.39 is 0 Å². The first-order chi connectivity index (χ1) is 8.69. The highest BCUT2D eigenvalue weighted by atomic mass is 16.4. The normalized spacial score (nSPS) is 19.3. The van der Waals surface area contributed by atoms with Gasteiger partial charge in [0, 0.05) is 25.7 Å². The molecule has 18 heavy (non-hydrogen) atoms. The van der Waals surface area contributed by atoms with Gasteiger partial charge in [-0.3, -0.25) is 4.68 Å². The molecule has 0 unspecified atom stereocenters. The van der Waals surface area contributed by atoms with Crippen LogP contribution in [0.1, 0.15) is 18.4 Å². The standard InChI is InChI=1S/C12H21N5O/c1-16-9-10(8-14-16)2-5-17-6-3-11(4-7-17)12(13)15-18/h8-9,11,18H,2-7H2,1H3,(H2,13,15). The van der Waals surface area contributed by atoms with Gasteiger partial charge in [-0.1, -0.05) is 5.16 Å². The molecule has 1 aliphatic rings. The Morgan fingerprint density at radius 2 is 2.28 bits per heavy atom. The van der Waals surface area contributed by atoms with Crippen LogP contribution in [0, 0.1) is 5.92 Å². The van der Waals surface area contributed by atoms with Crippen LogP contribution in [0.2, 0.25) is 0 Å². The fraction of sp³-hybridized carbons (Fsp3) is 0.667. The van der Waals surface area contributed by atoms with Crippen LogP contribution in [0.25, 0.3) is 0 Å². The van der Waals surface area contributed by atoms with Crippen LogP contribution < -0.4 is 5.73 Å². The third-order valence-electron chi connectivity index (χ3n) is 3.60. The smallest absolute Gasteiger partial charge is 0.142 e. The first kappa shape index (κ1) is 12.9. The Kier molecular flexibility index (Phi) is 4.19. The third-order valence-corrected chi connectivity index (χ3v) is 3.60. The number of rotatable bonds is 4. The second-order valence-corrected chi connectivity index (χ2v) is 4.91. The van der Waals surface area contributed by atoms with Crippen LogP contribution in [-0.4, -0.2) is 45.4 Å². The lowest BCUT2D eigenvalue weighted by atomic mass is 9.95. The molecular formula is C12H21N5O. The molecule has 0 spiro atoms. The predicted molar refractivity (Wildman–Crippen MR) is 69.5 cm³/mol. The van der Waals surface area contributed by atoms with E-state index in [1.54, 1.807) is 0 Å². The van der Waals surface area contributed by atoms with Gasteiger partial charge in [0.05, 0.1) is 6.20 Å². The summed E-state index contributed by atoms with van der Waals surface area (Å²) in [6, 6.07) is 0. The molecule has 0 aliphatic carbocycles. The zero-order valence-corrected chi connectivity index (χ0v) is 10.8. The Hall–Kier alpha value is -1.56. The molecule has 0 bridgehead atoms. The first-order valence-electron chi connectivity index (χ1n) is 6.36. The van der Waals surface area contributed by atoms with Gasteiger partial charge in [0.15, 0.2) is 0 Å². The fourth-order valence-electron chi connectivity index (χ4n) is 2.42. The zero-order valence-electron chi connectivity index (χ0n) is 10.8. The fourth-order valence-corrected chi connectivity index (χ4v) is 2.42. The molecule has 2 heterocycles. The number of oxime groups is 1. The van der Waals surface area contributed by atoms with Gasteiger partial charge in [-0.2, -0.15) is 5.10 Å². The van der Waals surface area contributed by atoms with Gasteiger partial charge in [-0.05, 0) is 37.9 Å². The van der Waals surface area contributed by atoms with Gasteiger partial charge in [-0.25, -0.2) is 0 Å². The number of amidine groups is 1. The minimum atomic E-state index is 0.240. The highest BCUT2D eigenvalue weighted by Crippen LogP contribution is 2.17. The highest BCUT2D eigenvalue weighted by molar-refractivity contribution is 5.82. The second-order valence-electron chi connectivity index (χ2n) is 4.91. The summed E-state index contributed by atoms with van der Waals surface area (Å²) in [5.74, 6) is 0.617. The van der Waals surface area contributed by atoms with E-state index >= 15 is 0 Å². The van der Waals surface area contributed by atoms with E-state index in [1.165, 1.54) is 5.56 Å². The van der Waals surface area contributed by atoms with Crippen LogP contribution in [0.3, 0.4) is 0 Å². The zero-order chi connectivity index (χ0) is 13.0.